The summed E-state index contributed by atoms with van der Waals surface area (Å²) in [5.41, 5.74) is 4.09. The number of hydrogen-bond acceptors (Lipinski definition) is 9. The molecule has 0 bridgehead atoms. The highest BCUT2D eigenvalue weighted by molar-refractivity contribution is 5.40. The van der Waals surface area contributed by atoms with Gasteiger partial charge in [0.1, 0.15) is 23.0 Å². The predicted octanol–water partition coefficient (Wildman–Crippen LogP) is 7.06. The Morgan fingerprint density at radius 3 is 1.18 bits per heavy atom. The van der Waals surface area contributed by atoms with Crippen molar-refractivity contribution in [3.05, 3.63) is 158 Å². The van der Waals surface area contributed by atoms with Crippen LogP contribution in [0.4, 0.5) is 11.4 Å². The highest BCUT2D eigenvalue weighted by Crippen LogP contribution is 2.25. The van der Waals surface area contributed by atoms with Crippen LogP contribution >= 0.6 is 0 Å². The Bertz CT molecular complexity index is 1570. The standard InChI is InChI=1S/C33H29N5O6/c39-37(40)28-8-16-32(17-9-28)43-30-12-4-24(5-13-30)20-34-22-26-2-1-3-27(36-26)23-35-21-25-6-14-31(15-7-25)44-33-18-10-29(11-19-33)38(41)42/h1-19,34-35H,20-23H2. The topological polar surface area (TPSA) is 142 Å². The van der Waals surface area contributed by atoms with Gasteiger partial charge >= 0.3 is 0 Å². The third kappa shape index (κ3) is 8.68. The van der Waals surface area contributed by atoms with E-state index in [4.69, 9.17) is 14.5 Å². The van der Waals surface area contributed by atoms with Gasteiger partial charge in [0.25, 0.3) is 11.4 Å². The molecule has 5 rings (SSSR count). The summed E-state index contributed by atoms with van der Waals surface area (Å²) in [6.45, 7) is 2.55. The zero-order valence-electron chi connectivity index (χ0n) is 23.6. The normalized spacial score (nSPS) is 10.7. The summed E-state index contributed by atoms with van der Waals surface area (Å²) in [5.74, 6) is 2.37. The number of nitro groups is 2. The van der Waals surface area contributed by atoms with Crippen LogP contribution in [-0.4, -0.2) is 14.8 Å². The van der Waals surface area contributed by atoms with Gasteiger partial charge in [-0.25, -0.2) is 0 Å². The zero-order chi connectivity index (χ0) is 30.7. The quantitative estimate of drug-likeness (QED) is 0.102. The molecule has 11 heteroatoms. The average molecular weight is 592 g/mol. The second-order valence-electron chi connectivity index (χ2n) is 9.82. The fourth-order valence-corrected chi connectivity index (χ4v) is 4.29. The van der Waals surface area contributed by atoms with E-state index in [-0.39, 0.29) is 11.4 Å². The second kappa shape index (κ2) is 14.5. The van der Waals surface area contributed by atoms with E-state index < -0.39 is 9.85 Å². The molecule has 0 saturated carbocycles. The molecule has 0 aliphatic carbocycles. The summed E-state index contributed by atoms with van der Waals surface area (Å²) in [7, 11) is 0. The molecule has 1 aromatic heterocycles. The summed E-state index contributed by atoms with van der Waals surface area (Å²) >= 11 is 0. The minimum Gasteiger partial charge on any atom is -0.457 e. The van der Waals surface area contributed by atoms with Crippen LogP contribution in [0.5, 0.6) is 23.0 Å². The van der Waals surface area contributed by atoms with Gasteiger partial charge < -0.3 is 20.1 Å². The van der Waals surface area contributed by atoms with Crippen LogP contribution in [0.15, 0.2) is 115 Å². The van der Waals surface area contributed by atoms with Gasteiger partial charge in [0.05, 0.1) is 21.2 Å². The molecule has 4 aromatic carbocycles. The van der Waals surface area contributed by atoms with Crippen molar-refractivity contribution < 1.29 is 19.3 Å². The van der Waals surface area contributed by atoms with E-state index >= 15 is 0 Å². The molecular weight excluding hydrogens is 562 g/mol. The predicted molar refractivity (Wildman–Crippen MR) is 165 cm³/mol. The number of hydrogen-bond donors (Lipinski definition) is 2. The van der Waals surface area contributed by atoms with Crippen molar-refractivity contribution in [3.8, 4) is 23.0 Å². The summed E-state index contributed by atoms with van der Waals surface area (Å²) in [4.78, 5) is 25.5. The molecule has 1 heterocycles. The number of benzene rings is 4. The maximum absolute atomic E-state index is 10.8. The van der Waals surface area contributed by atoms with Crippen molar-refractivity contribution in [2.24, 2.45) is 0 Å². The maximum Gasteiger partial charge on any atom is 0.269 e. The van der Waals surface area contributed by atoms with Crippen molar-refractivity contribution in [1.82, 2.24) is 15.6 Å². The second-order valence-corrected chi connectivity index (χ2v) is 9.82. The zero-order valence-corrected chi connectivity index (χ0v) is 23.6. The van der Waals surface area contributed by atoms with Gasteiger partial charge in [-0.2, -0.15) is 0 Å². The van der Waals surface area contributed by atoms with Gasteiger partial charge in [-0.3, -0.25) is 25.2 Å². The van der Waals surface area contributed by atoms with Crippen LogP contribution < -0.4 is 20.1 Å². The number of ether oxygens (including phenoxy) is 2. The molecule has 222 valence electrons. The Balaban J connectivity index is 1.03. The number of non-ortho nitro benzene ring substituents is 2. The molecule has 5 aromatic rings. The van der Waals surface area contributed by atoms with Gasteiger partial charge in [0, 0.05) is 50.4 Å². The number of rotatable bonds is 14. The van der Waals surface area contributed by atoms with Crippen molar-refractivity contribution in [2.75, 3.05) is 0 Å². The molecule has 0 aliphatic rings. The average Bonchev–Trinajstić information content (AvgIpc) is 3.03. The van der Waals surface area contributed by atoms with Crippen molar-refractivity contribution in [3.63, 3.8) is 0 Å². The highest BCUT2D eigenvalue weighted by atomic mass is 16.6. The van der Waals surface area contributed by atoms with Crippen LogP contribution in [0.2, 0.25) is 0 Å². The van der Waals surface area contributed by atoms with Crippen LogP contribution in [-0.2, 0) is 26.2 Å². The van der Waals surface area contributed by atoms with E-state index in [9.17, 15) is 20.2 Å². The Morgan fingerprint density at radius 2 is 0.841 bits per heavy atom. The molecule has 0 atom stereocenters. The van der Waals surface area contributed by atoms with Gasteiger partial charge in [-0.1, -0.05) is 30.3 Å². The van der Waals surface area contributed by atoms with Gasteiger partial charge in [0.2, 0.25) is 0 Å². The van der Waals surface area contributed by atoms with E-state index in [2.05, 4.69) is 10.6 Å². The van der Waals surface area contributed by atoms with Crippen LogP contribution in [0.3, 0.4) is 0 Å². The Kier molecular flexibility index (Phi) is 9.83. The number of nitrogens with zero attached hydrogens (tertiary/aromatic N) is 3. The Hall–Kier alpha value is -5.65. The fourth-order valence-electron chi connectivity index (χ4n) is 4.29. The molecule has 0 aliphatic heterocycles. The van der Waals surface area contributed by atoms with Gasteiger partial charge in [-0.05, 0) is 71.8 Å². The third-order valence-corrected chi connectivity index (χ3v) is 6.55. The van der Waals surface area contributed by atoms with E-state index in [1.807, 2.05) is 66.7 Å². The monoisotopic (exact) mass is 591 g/mol. The summed E-state index contributed by atoms with van der Waals surface area (Å²) < 4.78 is 11.5. The summed E-state index contributed by atoms with van der Waals surface area (Å²) in [5, 5.41) is 28.4. The summed E-state index contributed by atoms with van der Waals surface area (Å²) in [6.07, 6.45) is 0. The first kappa shape index (κ1) is 29.8. The number of nitro benzene ring substituents is 2. The first-order chi connectivity index (χ1) is 21.4. The lowest BCUT2D eigenvalue weighted by atomic mass is 10.2. The lowest BCUT2D eigenvalue weighted by molar-refractivity contribution is -0.385. The minimum absolute atomic E-state index is 0.0212. The van der Waals surface area contributed by atoms with E-state index in [0.29, 0.717) is 49.2 Å². The van der Waals surface area contributed by atoms with Crippen molar-refractivity contribution in [1.29, 1.82) is 0 Å². The fraction of sp³-hybridized carbons (Fsp3) is 0.121. The van der Waals surface area contributed by atoms with Crippen LogP contribution in [0.25, 0.3) is 0 Å². The molecule has 0 radical (unpaired) electrons. The molecular formula is C33H29N5O6. The van der Waals surface area contributed by atoms with Crippen LogP contribution in [0, 0.1) is 20.2 Å². The maximum atomic E-state index is 10.8. The molecule has 0 fully saturated rings. The Labute approximate surface area is 253 Å². The van der Waals surface area contributed by atoms with Gasteiger partial charge in [0.15, 0.2) is 0 Å². The molecule has 0 unspecified atom stereocenters. The smallest absolute Gasteiger partial charge is 0.269 e. The van der Waals surface area contributed by atoms with Crippen molar-refractivity contribution in [2.45, 2.75) is 26.2 Å². The SMILES string of the molecule is O=[N+]([O-])c1ccc(Oc2ccc(CNCc3cccc(CNCc4ccc(Oc5ccc([N+](=O)[O-])cc5)cc4)n3)cc2)cc1. The number of nitrogens with one attached hydrogen (secondary N) is 2. The first-order valence-electron chi connectivity index (χ1n) is 13.8. The van der Waals surface area contributed by atoms with Gasteiger partial charge in [-0.15, -0.1) is 0 Å². The lowest BCUT2D eigenvalue weighted by Gasteiger charge is -2.10. The lowest BCUT2D eigenvalue weighted by Crippen LogP contribution is -2.16. The molecule has 2 N–H and O–H groups in total. The van der Waals surface area contributed by atoms with E-state index in [0.717, 1.165) is 22.5 Å². The largest absolute Gasteiger partial charge is 0.457 e. The Morgan fingerprint density at radius 1 is 0.500 bits per heavy atom. The molecule has 0 amide bonds. The number of pyridine rings is 1. The van der Waals surface area contributed by atoms with E-state index in [1.165, 1.54) is 24.3 Å². The number of aromatic nitrogens is 1. The van der Waals surface area contributed by atoms with E-state index in [1.54, 1.807) is 24.3 Å². The third-order valence-electron chi connectivity index (χ3n) is 6.55. The van der Waals surface area contributed by atoms with Crippen molar-refractivity contribution >= 4 is 11.4 Å². The molecule has 44 heavy (non-hydrogen) atoms. The van der Waals surface area contributed by atoms with Crippen LogP contribution in [0.1, 0.15) is 22.5 Å². The molecule has 0 spiro atoms. The highest BCUT2D eigenvalue weighted by Gasteiger charge is 2.07. The molecule has 0 saturated heterocycles. The molecule has 11 nitrogen and oxygen atoms in total. The first-order valence-corrected chi connectivity index (χ1v) is 13.8. The summed E-state index contributed by atoms with van der Waals surface area (Å²) in [6, 6.07) is 33.2. The minimum atomic E-state index is -0.442.